The number of carboxylic acids is 1. The van der Waals surface area contributed by atoms with E-state index in [0.717, 1.165) is 16.2 Å². The molecule has 14 heteroatoms. The largest absolute Gasteiger partial charge is 0.480 e. The molecule has 12 nitrogen and oxygen atoms in total. The van der Waals surface area contributed by atoms with Crippen LogP contribution in [0.5, 0.6) is 0 Å². The van der Waals surface area contributed by atoms with Crippen molar-refractivity contribution < 1.29 is 34.2 Å². The standard InChI is InChI=1S/C14H15N5O7S2/c1-26-18-7(5-2-28-14(16-5)15-4-20)10(22)17-8-11(23)19-9(13(24)25)6(21)3-27-12(8)19/h2,4,6,8-9,12,21H,3H2,1H3,(H,17,22)(H,24,25)(H,15,16,20)/t6?,8?,9?,12-/m1/s1. The number of β-lactam (4-membered cyclic amide) rings is 1. The average Bonchev–Trinajstić information content (AvgIpc) is 3.12. The van der Waals surface area contributed by atoms with Crippen molar-refractivity contribution in [1.82, 2.24) is 15.2 Å². The topological polar surface area (TPSA) is 171 Å². The van der Waals surface area contributed by atoms with E-state index in [0.29, 0.717) is 6.41 Å². The Bertz CT molecular complexity index is 844. The van der Waals surface area contributed by atoms with Gasteiger partial charge in [-0.05, 0) is 0 Å². The van der Waals surface area contributed by atoms with Crippen molar-refractivity contribution >= 4 is 58.1 Å². The third-order valence-electron chi connectivity index (χ3n) is 4.05. The number of thiazole rings is 1. The van der Waals surface area contributed by atoms with Gasteiger partial charge in [0.2, 0.25) is 12.3 Å². The molecule has 4 atom stereocenters. The van der Waals surface area contributed by atoms with E-state index in [1.165, 1.54) is 24.3 Å². The molecule has 3 amide bonds. The summed E-state index contributed by atoms with van der Waals surface area (Å²) in [4.78, 5) is 56.6. The van der Waals surface area contributed by atoms with Crippen molar-refractivity contribution in [2.24, 2.45) is 5.16 Å². The molecule has 0 bridgehead atoms. The SMILES string of the molecule is CON=C(C(=O)NC1C(=O)N2C(C(=O)O)C(O)CS[C@H]12)c1csc(NC=O)n1. The molecule has 3 rings (SSSR count). The molecular weight excluding hydrogens is 414 g/mol. The van der Waals surface area contributed by atoms with Gasteiger partial charge in [-0.3, -0.25) is 14.4 Å². The van der Waals surface area contributed by atoms with Crippen LogP contribution in [-0.2, 0) is 24.0 Å². The zero-order valence-corrected chi connectivity index (χ0v) is 15.9. The van der Waals surface area contributed by atoms with Crippen molar-refractivity contribution in [2.75, 3.05) is 18.2 Å². The highest BCUT2D eigenvalue weighted by Gasteiger charge is 2.57. The highest BCUT2D eigenvalue weighted by Crippen LogP contribution is 2.38. The molecule has 2 aliphatic rings. The molecule has 28 heavy (non-hydrogen) atoms. The van der Waals surface area contributed by atoms with Crippen LogP contribution in [0.3, 0.4) is 0 Å². The van der Waals surface area contributed by atoms with Crippen molar-refractivity contribution in [2.45, 2.75) is 23.6 Å². The second-order valence-corrected chi connectivity index (χ2v) is 7.70. The molecule has 150 valence electrons. The number of aliphatic hydroxyl groups excluding tert-OH is 1. The first kappa shape index (κ1) is 20.0. The predicted molar refractivity (Wildman–Crippen MR) is 97.8 cm³/mol. The minimum atomic E-state index is -1.35. The second kappa shape index (κ2) is 8.12. The maximum absolute atomic E-state index is 12.6. The lowest BCUT2D eigenvalue weighted by atomic mass is 9.99. The lowest BCUT2D eigenvalue weighted by Gasteiger charge is -2.53. The van der Waals surface area contributed by atoms with Gasteiger partial charge in [-0.2, -0.15) is 0 Å². The van der Waals surface area contributed by atoms with Gasteiger partial charge < -0.3 is 30.6 Å². The molecule has 2 saturated heterocycles. The third-order valence-corrected chi connectivity index (χ3v) is 6.20. The summed E-state index contributed by atoms with van der Waals surface area (Å²) in [7, 11) is 1.23. The summed E-state index contributed by atoms with van der Waals surface area (Å²) in [6.45, 7) is 0. The first-order chi connectivity index (χ1) is 13.4. The van der Waals surface area contributed by atoms with E-state index in [4.69, 9.17) is 0 Å². The first-order valence-electron chi connectivity index (χ1n) is 7.81. The lowest BCUT2D eigenvalue weighted by molar-refractivity contribution is -0.167. The summed E-state index contributed by atoms with van der Waals surface area (Å²) in [6.07, 6.45) is -0.755. The fraction of sp³-hybridized carbons (Fsp3) is 0.429. The molecule has 0 saturated carbocycles. The molecule has 3 heterocycles. The summed E-state index contributed by atoms with van der Waals surface area (Å²) in [5.41, 5.74) is -0.0768. The number of carboxylic acid groups (broad SMARTS) is 1. The Balaban J connectivity index is 1.74. The van der Waals surface area contributed by atoms with E-state index in [-0.39, 0.29) is 22.3 Å². The number of fused-ring (bicyclic) bond motifs is 1. The monoisotopic (exact) mass is 429 g/mol. The Labute approximate surface area is 165 Å². The molecule has 0 radical (unpaired) electrons. The van der Waals surface area contributed by atoms with E-state index < -0.39 is 41.3 Å². The number of aliphatic carboxylic acids is 1. The molecule has 1 aromatic heterocycles. The Morgan fingerprint density at radius 3 is 2.89 bits per heavy atom. The quantitative estimate of drug-likeness (QED) is 0.170. The van der Waals surface area contributed by atoms with Crippen LogP contribution in [0.1, 0.15) is 5.69 Å². The van der Waals surface area contributed by atoms with Gasteiger partial charge in [-0.25, -0.2) is 9.78 Å². The van der Waals surface area contributed by atoms with Crippen molar-refractivity contribution in [1.29, 1.82) is 0 Å². The van der Waals surface area contributed by atoms with E-state index in [1.807, 2.05) is 0 Å². The second-order valence-electron chi connectivity index (χ2n) is 5.69. The van der Waals surface area contributed by atoms with Gasteiger partial charge in [0, 0.05) is 11.1 Å². The molecule has 1 aromatic rings. The first-order valence-corrected chi connectivity index (χ1v) is 9.74. The molecule has 4 N–H and O–H groups in total. The number of hydrogen-bond acceptors (Lipinski definition) is 10. The lowest BCUT2D eigenvalue weighted by Crippen LogP contribution is -2.77. The summed E-state index contributed by atoms with van der Waals surface area (Å²) in [5.74, 6) is -2.56. The fourth-order valence-electron chi connectivity index (χ4n) is 2.85. The zero-order chi connectivity index (χ0) is 20.4. The number of aromatic nitrogens is 1. The molecule has 0 aliphatic carbocycles. The Kier molecular flexibility index (Phi) is 5.81. The Hall–Kier alpha value is -2.71. The van der Waals surface area contributed by atoms with Gasteiger partial charge in [0.25, 0.3) is 5.91 Å². The minimum Gasteiger partial charge on any atom is -0.480 e. The van der Waals surface area contributed by atoms with E-state index in [2.05, 4.69) is 25.6 Å². The van der Waals surface area contributed by atoms with E-state index >= 15 is 0 Å². The number of nitrogens with one attached hydrogen (secondary N) is 2. The van der Waals surface area contributed by atoms with Gasteiger partial charge in [-0.15, -0.1) is 23.1 Å². The number of amides is 3. The number of thioether (sulfide) groups is 1. The molecule has 2 fully saturated rings. The molecule has 0 spiro atoms. The Morgan fingerprint density at radius 2 is 2.25 bits per heavy atom. The number of hydrogen-bond donors (Lipinski definition) is 4. The van der Waals surface area contributed by atoms with Crippen LogP contribution in [-0.4, -0.2) is 86.4 Å². The minimum absolute atomic E-state index is 0.115. The van der Waals surface area contributed by atoms with Crippen LogP contribution in [0.15, 0.2) is 10.5 Å². The number of carbonyl (C=O) groups excluding carboxylic acids is 3. The van der Waals surface area contributed by atoms with Crippen LogP contribution in [0.2, 0.25) is 0 Å². The van der Waals surface area contributed by atoms with Crippen LogP contribution in [0.4, 0.5) is 5.13 Å². The van der Waals surface area contributed by atoms with Crippen LogP contribution < -0.4 is 10.6 Å². The summed E-state index contributed by atoms with van der Waals surface area (Å²) < 4.78 is 0. The zero-order valence-electron chi connectivity index (χ0n) is 14.3. The number of rotatable bonds is 7. The van der Waals surface area contributed by atoms with Gasteiger partial charge in [0.1, 0.15) is 24.2 Å². The van der Waals surface area contributed by atoms with Crippen molar-refractivity contribution in [3.8, 4) is 0 Å². The van der Waals surface area contributed by atoms with E-state index in [9.17, 15) is 29.4 Å². The van der Waals surface area contributed by atoms with E-state index in [1.54, 1.807) is 0 Å². The predicted octanol–water partition coefficient (Wildman–Crippen LogP) is -1.72. The van der Waals surface area contributed by atoms with Crippen LogP contribution in [0, 0.1) is 0 Å². The number of nitrogens with zero attached hydrogens (tertiary/aromatic N) is 3. The highest BCUT2D eigenvalue weighted by atomic mass is 32.2. The van der Waals surface area contributed by atoms with Crippen molar-refractivity contribution in [3.05, 3.63) is 11.1 Å². The number of carbonyl (C=O) groups is 4. The van der Waals surface area contributed by atoms with Gasteiger partial charge in [0.05, 0.1) is 6.10 Å². The molecule has 2 aliphatic heterocycles. The van der Waals surface area contributed by atoms with Crippen molar-refractivity contribution in [3.63, 3.8) is 0 Å². The maximum atomic E-state index is 12.6. The number of oxime groups is 1. The summed E-state index contributed by atoms with van der Waals surface area (Å²) in [6, 6.07) is -2.32. The molecule has 3 unspecified atom stereocenters. The highest BCUT2D eigenvalue weighted by molar-refractivity contribution is 8.00. The van der Waals surface area contributed by atoms with Crippen LogP contribution >= 0.6 is 23.1 Å². The average molecular weight is 429 g/mol. The summed E-state index contributed by atoms with van der Waals surface area (Å²) >= 11 is 2.24. The number of aliphatic hydroxyl groups is 1. The third kappa shape index (κ3) is 3.53. The Morgan fingerprint density at radius 1 is 1.50 bits per heavy atom. The smallest absolute Gasteiger partial charge is 0.329 e. The molecular formula is C14H15N5O7S2. The maximum Gasteiger partial charge on any atom is 0.329 e. The molecule has 0 aromatic carbocycles. The number of anilines is 1. The van der Waals surface area contributed by atoms with Gasteiger partial charge in [-0.1, -0.05) is 5.16 Å². The summed E-state index contributed by atoms with van der Waals surface area (Å²) in [5, 5.41) is 28.7. The van der Waals surface area contributed by atoms with Gasteiger partial charge in [0.15, 0.2) is 16.9 Å². The fourth-order valence-corrected chi connectivity index (χ4v) is 4.86. The van der Waals surface area contributed by atoms with Crippen LogP contribution in [0.25, 0.3) is 0 Å². The van der Waals surface area contributed by atoms with Gasteiger partial charge >= 0.3 is 5.97 Å². The normalized spacial score (nSPS) is 26.7.